The minimum atomic E-state index is -1.37. The van der Waals surface area contributed by atoms with Gasteiger partial charge in [-0.2, -0.15) is 0 Å². The molecule has 3 atom stereocenters. The molecule has 18 heavy (non-hydrogen) atoms. The molecule has 1 rings (SSSR count). The molecule has 0 aromatic rings. The largest absolute Gasteiger partial charge is 0.467 e. The van der Waals surface area contributed by atoms with Crippen LogP contribution in [0.1, 0.15) is 20.8 Å². The second kappa shape index (κ2) is 5.11. The SMILES string of the molecule is COC(=O)[C@@H]1C(O)C(O)CN1C(=O)OC(C)(C)C. The van der Waals surface area contributed by atoms with Crippen LogP contribution < -0.4 is 0 Å². The maximum atomic E-state index is 11.9. The van der Waals surface area contributed by atoms with E-state index in [0.29, 0.717) is 0 Å². The Hall–Kier alpha value is -1.34. The van der Waals surface area contributed by atoms with Crippen molar-refractivity contribution in [2.24, 2.45) is 0 Å². The quantitative estimate of drug-likeness (QED) is 0.618. The van der Waals surface area contributed by atoms with Gasteiger partial charge in [0, 0.05) is 0 Å². The van der Waals surface area contributed by atoms with E-state index in [1.165, 1.54) is 0 Å². The molecule has 2 N–H and O–H groups in total. The Morgan fingerprint density at radius 3 is 2.28 bits per heavy atom. The van der Waals surface area contributed by atoms with Gasteiger partial charge in [0.15, 0.2) is 6.04 Å². The first-order chi connectivity index (χ1) is 8.17. The second-order valence-electron chi connectivity index (χ2n) is 5.16. The number of aliphatic hydroxyl groups excluding tert-OH is 2. The number of aliphatic hydroxyl groups is 2. The smallest absolute Gasteiger partial charge is 0.411 e. The van der Waals surface area contributed by atoms with Crippen LogP contribution >= 0.6 is 0 Å². The summed E-state index contributed by atoms with van der Waals surface area (Å²) < 4.78 is 9.60. The predicted octanol–water partition coefficient (Wildman–Crippen LogP) is -0.500. The van der Waals surface area contributed by atoms with Gasteiger partial charge in [0.2, 0.25) is 0 Å². The number of esters is 1. The molecule has 7 nitrogen and oxygen atoms in total. The molecule has 7 heteroatoms. The van der Waals surface area contributed by atoms with Crippen molar-refractivity contribution in [3.05, 3.63) is 0 Å². The Morgan fingerprint density at radius 1 is 1.28 bits per heavy atom. The molecule has 0 bridgehead atoms. The molecule has 0 spiro atoms. The Bertz CT molecular complexity index is 337. The number of amides is 1. The van der Waals surface area contributed by atoms with Crippen molar-refractivity contribution in [3.63, 3.8) is 0 Å². The fraction of sp³-hybridized carbons (Fsp3) is 0.818. The molecule has 2 unspecified atom stereocenters. The first-order valence-corrected chi connectivity index (χ1v) is 5.61. The summed E-state index contributed by atoms with van der Waals surface area (Å²) in [7, 11) is 1.15. The minimum Gasteiger partial charge on any atom is -0.467 e. The lowest BCUT2D eigenvalue weighted by molar-refractivity contribution is -0.149. The van der Waals surface area contributed by atoms with Crippen LogP contribution in [0.3, 0.4) is 0 Å². The molecule has 1 saturated heterocycles. The molecule has 0 aliphatic carbocycles. The van der Waals surface area contributed by atoms with E-state index in [2.05, 4.69) is 4.74 Å². The zero-order valence-electron chi connectivity index (χ0n) is 10.9. The lowest BCUT2D eigenvalue weighted by Gasteiger charge is -2.27. The molecule has 1 heterocycles. The molecule has 1 aliphatic rings. The van der Waals surface area contributed by atoms with Crippen molar-refractivity contribution >= 4 is 12.1 Å². The Kier molecular flexibility index (Phi) is 4.18. The zero-order valence-corrected chi connectivity index (χ0v) is 10.9. The van der Waals surface area contributed by atoms with Gasteiger partial charge in [-0.15, -0.1) is 0 Å². The maximum absolute atomic E-state index is 11.9. The number of methoxy groups -OCH3 is 1. The van der Waals surface area contributed by atoms with E-state index in [-0.39, 0.29) is 6.54 Å². The molecule has 1 aliphatic heterocycles. The monoisotopic (exact) mass is 261 g/mol. The van der Waals surface area contributed by atoms with E-state index < -0.39 is 35.9 Å². The predicted molar refractivity (Wildman–Crippen MR) is 60.8 cm³/mol. The van der Waals surface area contributed by atoms with Crippen LogP contribution in [0.4, 0.5) is 4.79 Å². The summed E-state index contributed by atoms with van der Waals surface area (Å²) in [5.74, 6) is -0.787. The van der Waals surface area contributed by atoms with Gasteiger partial charge in [0.25, 0.3) is 0 Å². The summed E-state index contributed by atoms with van der Waals surface area (Å²) in [5, 5.41) is 19.2. The van der Waals surface area contributed by atoms with Gasteiger partial charge < -0.3 is 19.7 Å². The summed E-state index contributed by atoms with van der Waals surface area (Å²) in [6.45, 7) is 4.87. The molecule has 104 valence electrons. The van der Waals surface area contributed by atoms with E-state index in [1.54, 1.807) is 20.8 Å². The number of hydrogen-bond donors (Lipinski definition) is 2. The lowest BCUT2D eigenvalue weighted by Crippen LogP contribution is -2.47. The van der Waals surface area contributed by atoms with E-state index >= 15 is 0 Å². The van der Waals surface area contributed by atoms with Gasteiger partial charge in [0.05, 0.1) is 13.7 Å². The van der Waals surface area contributed by atoms with Crippen molar-refractivity contribution in [2.45, 2.75) is 44.6 Å². The third-order valence-corrected chi connectivity index (χ3v) is 2.51. The van der Waals surface area contributed by atoms with Crippen LogP contribution in [0.2, 0.25) is 0 Å². The standard InChI is InChI=1S/C11H19NO6/c1-11(2,3)18-10(16)12-5-6(13)8(14)7(12)9(15)17-4/h6-8,13-14H,5H2,1-4H3/t6?,7-,8?/m0/s1. The minimum absolute atomic E-state index is 0.171. The van der Waals surface area contributed by atoms with Crippen LogP contribution in [0, 0.1) is 0 Å². The van der Waals surface area contributed by atoms with Crippen LogP contribution in [-0.2, 0) is 14.3 Å². The first kappa shape index (κ1) is 14.7. The molecule has 0 radical (unpaired) electrons. The summed E-state index contributed by atoms with van der Waals surface area (Å²) in [4.78, 5) is 24.3. The normalized spacial score (nSPS) is 28.1. The summed E-state index contributed by atoms with van der Waals surface area (Å²) in [5.41, 5.74) is -0.726. The number of carbonyl (C=O) groups is 2. The average Bonchev–Trinajstić information content (AvgIpc) is 2.52. The van der Waals surface area contributed by atoms with Crippen LogP contribution in [0.5, 0.6) is 0 Å². The average molecular weight is 261 g/mol. The molecule has 0 aromatic heterocycles. The lowest BCUT2D eigenvalue weighted by atomic mass is 10.1. The van der Waals surface area contributed by atoms with E-state index in [9.17, 15) is 19.8 Å². The number of β-amino-alcohol motifs (C(OH)–C–C–N with tert-alkyl or cyclic N) is 1. The summed E-state index contributed by atoms with van der Waals surface area (Å²) >= 11 is 0. The Morgan fingerprint density at radius 2 is 1.83 bits per heavy atom. The molecule has 0 saturated carbocycles. The maximum Gasteiger partial charge on any atom is 0.411 e. The molecule has 0 aromatic carbocycles. The molecular formula is C11H19NO6. The number of likely N-dealkylation sites (tertiary alicyclic amines) is 1. The summed E-state index contributed by atoms with van der Waals surface area (Å²) in [6, 6.07) is -1.24. The van der Waals surface area contributed by atoms with E-state index in [4.69, 9.17) is 4.74 Å². The van der Waals surface area contributed by atoms with Crippen LogP contribution in [0.15, 0.2) is 0 Å². The zero-order chi connectivity index (χ0) is 14.1. The molecular weight excluding hydrogens is 242 g/mol. The van der Waals surface area contributed by atoms with E-state index in [0.717, 1.165) is 12.0 Å². The third-order valence-electron chi connectivity index (χ3n) is 2.51. The molecule has 1 amide bonds. The van der Waals surface area contributed by atoms with Crippen molar-refractivity contribution in [1.29, 1.82) is 0 Å². The highest BCUT2D eigenvalue weighted by atomic mass is 16.6. The number of carbonyl (C=O) groups excluding carboxylic acids is 2. The Labute approximate surface area is 105 Å². The molecule has 1 fully saturated rings. The topological polar surface area (TPSA) is 96.3 Å². The number of nitrogens with zero attached hydrogens (tertiary/aromatic N) is 1. The van der Waals surface area contributed by atoms with Gasteiger partial charge in [0.1, 0.15) is 17.8 Å². The van der Waals surface area contributed by atoms with Crippen molar-refractivity contribution < 1.29 is 29.3 Å². The van der Waals surface area contributed by atoms with Crippen molar-refractivity contribution in [1.82, 2.24) is 4.90 Å². The number of rotatable bonds is 1. The van der Waals surface area contributed by atoms with Gasteiger partial charge in [-0.05, 0) is 20.8 Å². The second-order valence-corrected chi connectivity index (χ2v) is 5.16. The Balaban J connectivity index is 2.86. The van der Waals surface area contributed by atoms with Gasteiger partial charge >= 0.3 is 12.1 Å². The van der Waals surface area contributed by atoms with E-state index in [1.807, 2.05) is 0 Å². The van der Waals surface area contributed by atoms with Crippen molar-refractivity contribution in [3.8, 4) is 0 Å². The van der Waals surface area contributed by atoms with Gasteiger partial charge in [-0.1, -0.05) is 0 Å². The summed E-state index contributed by atoms with van der Waals surface area (Å²) in [6.07, 6.45) is -3.33. The van der Waals surface area contributed by atoms with Gasteiger partial charge in [-0.25, -0.2) is 9.59 Å². The third kappa shape index (κ3) is 3.11. The van der Waals surface area contributed by atoms with Crippen LogP contribution in [0.25, 0.3) is 0 Å². The first-order valence-electron chi connectivity index (χ1n) is 5.61. The highest BCUT2D eigenvalue weighted by Crippen LogP contribution is 2.22. The highest BCUT2D eigenvalue weighted by molar-refractivity contribution is 5.83. The van der Waals surface area contributed by atoms with Gasteiger partial charge in [-0.3, -0.25) is 4.90 Å². The fourth-order valence-electron chi connectivity index (χ4n) is 1.71. The number of ether oxygens (including phenoxy) is 2. The number of hydrogen-bond acceptors (Lipinski definition) is 6. The van der Waals surface area contributed by atoms with Crippen molar-refractivity contribution in [2.75, 3.05) is 13.7 Å². The highest BCUT2D eigenvalue weighted by Gasteiger charge is 2.48. The van der Waals surface area contributed by atoms with Crippen LogP contribution in [-0.4, -0.2) is 64.7 Å². The fourth-order valence-corrected chi connectivity index (χ4v) is 1.71.